The van der Waals surface area contributed by atoms with Crippen LogP contribution in [0.1, 0.15) is 72.6 Å². The zero-order chi connectivity index (χ0) is 22.1. The number of hydrogen-bond acceptors (Lipinski definition) is 3. The van der Waals surface area contributed by atoms with E-state index in [4.69, 9.17) is 0 Å². The first-order chi connectivity index (χ1) is 14.4. The van der Waals surface area contributed by atoms with Gasteiger partial charge in [0, 0.05) is 50.2 Å². The van der Waals surface area contributed by atoms with Crippen molar-refractivity contribution < 1.29 is 4.21 Å². The summed E-state index contributed by atoms with van der Waals surface area (Å²) >= 11 is 0. The van der Waals surface area contributed by atoms with Crippen LogP contribution in [-0.4, -0.2) is 69.4 Å². The van der Waals surface area contributed by atoms with E-state index in [0.29, 0.717) is 12.1 Å². The van der Waals surface area contributed by atoms with Crippen molar-refractivity contribution in [2.75, 3.05) is 32.9 Å². The minimum Gasteiger partial charge on any atom is -0.372 e. The van der Waals surface area contributed by atoms with Crippen LogP contribution in [0, 0.1) is 0 Å². The Morgan fingerprint density at radius 2 is 1.97 bits per heavy atom. The highest BCUT2D eigenvalue weighted by Crippen LogP contribution is 2.35. The van der Waals surface area contributed by atoms with Gasteiger partial charge in [-0.25, -0.2) is 8.51 Å². The quantitative estimate of drug-likeness (QED) is 0.333. The maximum atomic E-state index is 11.8. The topological polar surface area (TPSA) is 26.8 Å². The van der Waals surface area contributed by atoms with Gasteiger partial charge in [0.05, 0.1) is 11.0 Å². The van der Waals surface area contributed by atoms with E-state index in [0.717, 1.165) is 32.0 Å². The molecule has 0 amide bonds. The molecule has 4 nitrogen and oxygen atoms in total. The third kappa shape index (κ3) is 6.80. The maximum absolute atomic E-state index is 11.8. The van der Waals surface area contributed by atoms with Crippen molar-refractivity contribution in [2.24, 2.45) is 0 Å². The lowest BCUT2D eigenvalue weighted by molar-refractivity contribution is 0.164. The number of fused-ring (bicyclic) bond motifs is 1. The van der Waals surface area contributed by atoms with Gasteiger partial charge in [-0.2, -0.15) is 0 Å². The second kappa shape index (κ2) is 12.8. The van der Waals surface area contributed by atoms with Gasteiger partial charge in [-0.15, -0.1) is 0 Å². The molecule has 0 saturated carbocycles. The number of rotatable bonds is 11. The van der Waals surface area contributed by atoms with Gasteiger partial charge in [-0.05, 0) is 71.9 Å². The second-order valence-corrected chi connectivity index (χ2v) is 10.2. The summed E-state index contributed by atoms with van der Waals surface area (Å²) in [6, 6.07) is 1.90. The molecule has 0 aliphatic carbocycles. The molecular weight excluding hydrogens is 390 g/mol. The van der Waals surface area contributed by atoms with Crippen molar-refractivity contribution in [1.82, 2.24) is 14.1 Å². The van der Waals surface area contributed by atoms with Gasteiger partial charge in [0.1, 0.15) is 0 Å². The Kier molecular flexibility index (Phi) is 10.8. The SMILES string of the molecule is C/C=C(\CC=C/C(=C\C)N(C)C(C)CCN(CC)S(C)=O)C1CCC2CCCCN21. The van der Waals surface area contributed by atoms with Crippen molar-refractivity contribution in [1.29, 1.82) is 0 Å². The number of piperidine rings is 1. The van der Waals surface area contributed by atoms with Crippen molar-refractivity contribution in [3.05, 3.63) is 35.6 Å². The lowest BCUT2D eigenvalue weighted by Crippen LogP contribution is -2.40. The van der Waals surface area contributed by atoms with Gasteiger partial charge >= 0.3 is 0 Å². The molecule has 2 rings (SSSR count). The van der Waals surface area contributed by atoms with Gasteiger partial charge in [0.2, 0.25) is 0 Å². The van der Waals surface area contributed by atoms with E-state index < -0.39 is 11.0 Å². The molecule has 2 heterocycles. The maximum Gasteiger partial charge on any atom is 0.0910 e. The molecule has 0 aromatic carbocycles. The largest absolute Gasteiger partial charge is 0.372 e. The highest BCUT2D eigenvalue weighted by Gasteiger charge is 2.35. The zero-order valence-corrected chi connectivity index (χ0v) is 21.1. The third-order valence-electron chi connectivity index (χ3n) is 7.16. The highest BCUT2D eigenvalue weighted by atomic mass is 32.2. The van der Waals surface area contributed by atoms with Gasteiger partial charge in [0.15, 0.2) is 0 Å². The number of allylic oxidation sites excluding steroid dienone is 4. The second-order valence-electron chi connectivity index (χ2n) is 8.86. The highest BCUT2D eigenvalue weighted by molar-refractivity contribution is 7.81. The van der Waals surface area contributed by atoms with Crippen LogP contribution >= 0.6 is 0 Å². The lowest BCUT2D eigenvalue weighted by Gasteiger charge is -2.35. The summed E-state index contributed by atoms with van der Waals surface area (Å²) in [5.41, 5.74) is 2.85. The first-order valence-corrected chi connectivity index (χ1v) is 13.5. The molecular formula is C25H45N3OS. The Labute approximate surface area is 188 Å². The van der Waals surface area contributed by atoms with E-state index in [-0.39, 0.29) is 0 Å². The average Bonchev–Trinajstić information content (AvgIpc) is 3.17. The van der Waals surface area contributed by atoms with E-state index in [1.54, 1.807) is 11.8 Å². The Bertz CT molecular complexity index is 642. The summed E-state index contributed by atoms with van der Waals surface area (Å²) in [5, 5.41) is 0. The summed E-state index contributed by atoms with van der Waals surface area (Å²) in [7, 11) is 1.29. The first kappa shape index (κ1) is 25.4. The molecule has 4 atom stereocenters. The van der Waals surface area contributed by atoms with Crippen LogP contribution in [0.5, 0.6) is 0 Å². The third-order valence-corrected chi connectivity index (χ3v) is 8.33. The first-order valence-electron chi connectivity index (χ1n) is 12.0. The number of likely N-dealkylation sites (N-methyl/N-ethyl adjacent to an activating group) is 1. The van der Waals surface area contributed by atoms with E-state index in [1.807, 2.05) is 4.31 Å². The molecule has 172 valence electrons. The summed E-state index contributed by atoms with van der Waals surface area (Å²) in [6.07, 6.45) is 19.9. The molecule has 4 unspecified atom stereocenters. The standard InChI is InChI=1S/C25H45N3OS/c1-7-22(25-17-16-24-14-10-11-19-28(24)25)13-12-15-23(8-2)26(5)21(4)18-20-27(9-3)30(6)29/h7-8,12,15,21,24-25H,9-11,13-14,16-20H2,1-6H3/b15-12?,22-7+,23-8+. The Morgan fingerprint density at radius 3 is 2.60 bits per heavy atom. The van der Waals surface area contributed by atoms with E-state index in [9.17, 15) is 4.21 Å². The van der Waals surface area contributed by atoms with Crippen molar-refractivity contribution in [3.63, 3.8) is 0 Å². The Morgan fingerprint density at radius 1 is 1.20 bits per heavy atom. The Hall–Kier alpha value is -0.910. The summed E-state index contributed by atoms with van der Waals surface area (Å²) in [6.45, 7) is 11.7. The molecule has 0 N–H and O–H groups in total. The zero-order valence-electron chi connectivity index (χ0n) is 20.3. The van der Waals surface area contributed by atoms with Crippen molar-refractivity contribution in [3.8, 4) is 0 Å². The summed E-state index contributed by atoms with van der Waals surface area (Å²) in [4.78, 5) is 5.14. The minimum absolute atomic E-state index is 0.406. The fourth-order valence-electron chi connectivity index (χ4n) is 5.08. The molecule has 2 saturated heterocycles. The van der Waals surface area contributed by atoms with Gasteiger partial charge in [-0.3, -0.25) is 4.90 Å². The normalized spacial score (nSPS) is 25.7. The van der Waals surface area contributed by atoms with Crippen LogP contribution in [-0.2, 0) is 11.0 Å². The molecule has 0 radical (unpaired) electrons. The van der Waals surface area contributed by atoms with Crippen LogP contribution in [0.25, 0.3) is 0 Å². The van der Waals surface area contributed by atoms with Crippen LogP contribution in [0.2, 0.25) is 0 Å². The molecule has 0 spiro atoms. The minimum atomic E-state index is -0.885. The molecule has 2 aliphatic heterocycles. The fourth-order valence-corrected chi connectivity index (χ4v) is 5.81. The number of nitrogens with zero attached hydrogens (tertiary/aromatic N) is 3. The van der Waals surface area contributed by atoms with Crippen LogP contribution < -0.4 is 0 Å². The predicted octanol–water partition coefficient (Wildman–Crippen LogP) is 5.13. The van der Waals surface area contributed by atoms with Crippen LogP contribution in [0.3, 0.4) is 0 Å². The lowest BCUT2D eigenvalue weighted by atomic mass is 10.00. The molecule has 2 fully saturated rings. The number of hydrogen-bond donors (Lipinski definition) is 0. The Balaban J connectivity index is 1.90. The molecule has 2 aliphatic rings. The van der Waals surface area contributed by atoms with E-state index >= 15 is 0 Å². The van der Waals surface area contributed by atoms with E-state index in [1.165, 1.54) is 44.3 Å². The molecule has 0 bridgehead atoms. The van der Waals surface area contributed by atoms with Crippen LogP contribution in [0.15, 0.2) is 35.6 Å². The van der Waals surface area contributed by atoms with Crippen LogP contribution in [0.4, 0.5) is 0 Å². The monoisotopic (exact) mass is 435 g/mol. The van der Waals surface area contributed by atoms with Gasteiger partial charge < -0.3 is 4.90 Å². The average molecular weight is 436 g/mol. The molecule has 30 heavy (non-hydrogen) atoms. The summed E-state index contributed by atoms with van der Waals surface area (Å²) < 4.78 is 13.8. The summed E-state index contributed by atoms with van der Waals surface area (Å²) in [5.74, 6) is 0. The van der Waals surface area contributed by atoms with E-state index in [2.05, 4.69) is 68.8 Å². The smallest absolute Gasteiger partial charge is 0.0910 e. The van der Waals surface area contributed by atoms with Gasteiger partial charge in [0.25, 0.3) is 0 Å². The van der Waals surface area contributed by atoms with Gasteiger partial charge in [-0.1, -0.05) is 37.1 Å². The molecule has 0 aromatic heterocycles. The molecule has 0 aromatic rings. The fraction of sp³-hybridized carbons (Fsp3) is 0.760. The van der Waals surface area contributed by atoms with Crippen molar-refractivity contribution in [2.45, 2.75) is 90.8 Å². The van der Waals surface area contributed by atoms with Crippen molar-refractivity contribution >= 4 is 11.0 Å². The predicted molar refractivity (Wildman–Crippen MR) is 132 cm³/mol. The molecule has 5 heteroatoms.